The van der Waals surface area contributed by atoms with Crippen molar-refractivity contribution in [1.29, 1.82) is 0 Å². The molecule has 3 fully saturated rings. The number of carbonyl (C=O) groups is 1. The van der Waals surface area contributed by atoms with Crippen molar-refractivity contribution in [3.63, 3.8) is 0 Å². The van der Waals surface area contributed by atoms with Crippen molar-refractivity contribution in [2.45, 2.75) is 43.9 Å². The minimum Gasteiger partial charge on any atom is -0.372 e. The Bertz CT molecular complexity index is 769. The number of aromatic nitrogens is 1. The molecule has 1 N–H and O–H groups in total. The molecule has 0 aliphatic carbocycles. The monoisotopic (exact) mass is 393 g/mol. The Morgan fingerprint density at radius 3 is 2.89 bits per heavy atom. The third kappa shape index (κ3) is 4.02. The Labute approximate surface area is 160 Å². The normalized spacial score (nSPS) is 29.3. The minimum atomic E-state index is -2.95. The zero-order valence-corrected chi connectivity index (χ0v) is 16.3. The summed E-state index contributed by atoms with van der Waals surface area (Å²) >= 11 is 0. The first kappa shape index (κ1) is 18.8. The highest BCUT2D eigenvalue weighted by Gasteiger charge is 2.50. The number of amides is 1. The van der Waals surface area contributed by atoms with E-state index in [2.05, 4.69) is 10.3 Å². The fourth-order valence-electron chi connectivity index (χ4n) is 4.63. The van der Waals surface area contributed by atoms with Crippen LogP contribution in [0.3, 0.4) is 0 Å². The van der Waals surface area contributed by atoms with E-state index < -0.39 is 9.84 Å². The van der Waals surface area contributed by atoms with Gasteiger partial charge in [0.2, 0.25) is 5.91 Å². The molecular formula is C19H27N3O4S. The maximum absolute atomic E-state index is 13.2. The smallest absolute Gasteiger partial charge is 0.227 e. The molecule has 1 aromatic rings. The molecule has 7 nitrogen and oxygen atoms in total. The molecular weight excluding hydrogens is 366 g/mol. The van der Waals surface area contributed by atoms with E-state index >= 15 is 0 Å². The number of rotatable bonds is 4. The van der Waals surface area contributed by atoms with Crippen molar-refractivity contribution >= 4 is 15.7 Å². The number of hydrogen-bond acceptors (Lipinski definition) is 6. The number of nitrogens with one attached hydrogen (secondary N) is 1. The molecule has 3 aliphatic rings. The van der Waals surface area contributed by atoms with Gasteiger partial charge in [-0.3, -0.25) is 9.78 Å². The number of nitrogens with zero attached hydrogens (tertiary/aromatic N) is 2. The summed E-state index contributed by atoms with van der Waals surface area (Å²) in [4.78, 5) is 19.2. The summed E-state index contributed by atoms with van der Waals surface area (Å²) in [5.74, 6) is 0.401. The quantitative estimate of drug-likeness (QED) is 0.812. The lowest BCUT2D eigenvalue weighted by atomic mass is 9.80. The van der Waals surface area contributed by atoms with Gasteiger partial charge >= 0.3 is 0 Å². The lowest BCUT2D eigenvalue weighted by molar-refractivity contribution is -0.137. The van der Waals surface area contributed by atoms with E-state index in [0.29, 0.717) is 32.5 Å². The molecule has 0 saturated carbocycles. The Morgan fingerprint density at radius 1 is 1.33 bits per heavy atom. The van der Waals surface area contributed by atoms with Crippen molar-refractivity contribution < 1.29 is 17.9 Å². The molecule has 8 heteroatoms. The first-order valence-electron chi connectivity index (χ1n) is 9.72. The van der Waals surface area contributed by atoms with Crippen molar-refractivity contribution in [1.82, 2.24) is 15.2 Å². The fourth-order valence-corrected chi connectivity index (χ4v) is 6.19. The van der Waals surface area contributed by atoms with Gasteiger partial charge in [0.05, 0.1) is 30.1 Å². The molecule has 148 valence electrons. The number of hydrogen-bond donors (Lipinski definition) is 1. The van der Waals surface area contributed by atoms with Gasteiger partial charge in [-0.1, -0.05) is 6.07 Å². The van der Waals surface area contributed by atoms with E-state index in [1.165, 1.54) is 0 Å². The van der Waals surface area contributed by atoms with Gasteiger partial charge < -0.3 is 15.0 Å². The zero-order valence-electron chi connectivity index (χ0n) is 15.5. The van der Waals surface area contributed by atoms with E-state index in [0.717, 1.165) is 24.9 Å². The van der Waals surface area contributed by atoms with Crippen molar-refractivity contribution in [2.75, 3.05) is 31.1 Å². The molecule has 0 aromatic carbocycles. The first-order valence-corrected chi connectivity index (χ1v) is 11.5. The van der Waals surface area contributed by atoms with Crippen LogP contribution in [0.1, 0.15) is 31.2 Å². The first-order chi connectivity index (χ1) is 13.0. The van der Waals surface area contributed by atoms with Crippen molar-refractivity contribution in [2.24, 2.45) is 5.92 Å². The summed E-state index contributed by atoms with van der Waals surface area (Å²) in [7, 11) is -2.95. The highest BCUT2D eigenvalue weighted by molar-refractivity contribution is 7.91. The number of ether oxygens (including phenoxy) is 1. The third-order valence-electron chi connectivity index (χ3n) is 6.26. The average Bonchev–Trinajstić information content (AvgIpc) is 3.31. The maximum Gasteiger partial charge on any atom is 0.227 e. The zero-order chi connectivity index (χ0) is 18.9. The van der Waals surface area contributed by atoms with E-state index in [-0.39, 0.29) is 35.0 Å². The van der Waals surface area contributed by atoms with E-state index in [1.807, 2.05) is 17.0 Å². The van der Waals surface area contributed by atoms with Crippen LogP contribution in [-0.2, 0) is 26.0 Å². The molecule has 0 bridgehead atoms. The highest BCUT2D eigenvalue weighted by Crippen LogP contribution is 2.38. The largest absolute Gasteiger partial charge is 0.372 e. The molecule has 27 heavy (non-hydrogen) atoms. The second-order valence-corrected chi connectivity index (χ2v) is 10.2. The van der Waals surface area contributed by atoms with Gasteiger partial charge in [-0.2, -0.15) is 0 Å². The van der Waals surface area contributed by atoms with Gasteiger partial charge in [-0.05, 0) is 43.9 Å². The van der Waals surface area contributed by atoms with Crippen LogP contribution in [0, 0.1) is 5.92 Å². The van der Waals surface area contributed by atoms with Crippen molar-refractivity contribution in [3.05, 3.63) is 30.1 Å². The number of likely N-dealkylation sites (tertiary alicyclic amines) is 1. The fraction of sp³-hybridized carbons (Fsp3) is 0.684. The molecule has 3 saturated heterocycles. The number of sulfone groups is 1. The third-order valence-corrected chi connectivity index (χ3v) is 7.91. The van der Waals surface area contributed by atoms with Crippen LogP contribution >= 0.6 is 0 Å². The second-order valence-electron chi connectivity index (χ2n) is 7.94. The van der Waals surface area contributed by atoms with Gasteiger partial charge in [0, 0.05) is 31.0 Å². The molecule has 2 atom stereocenters. The minimum absolute atomic E-state index is 0.0474. The van der Waals surface area contributed by atoms with E-state index in [4.69, 9.17) is 4.74 Å². The van der Waals surface area contributed by atoms with E-state index in [9.17, 15) is 13.2 Å². The predicted molar refractivity (Wildman–Crippen MR) is 101 cm³/mol. The molecule has 4 heterocycles. The highest BCUT2D eigenvalue weighted by atomic mass is 32.2. The molecule has 3 aliphatic heterocycles. The maximum atomic E-state index is 13.2. The average molecular weight is 394 g/mol. The van der Waals surface area contributed by atoms with Gasteiger partial charge in [-0.25, -0.2) is 8.42 Å². The van der Waals surface area contributed by atoms with Crippen LogP contribution < -0.4 is 5.32 Å². The second kappa shape index (κ2) is 7.48. The van der Waals surface area contributed by atoms with Crippen molar-refractivity contribution in [3.8, 4) is 0 Å². The Kier molecular flexibility index (Phi) is 5.22. The van der Waals surface area contributed by atoms with Crippen LogP contribution in [-0.4, -0.2) is 67.0 Å². The SMILES string of the molecule is O=C(C1CCNC12CCS(=O)(=O)CC2)N1CCC(OCc2cccnc2)C1. The van der Waals surface area contributed by atoms with Gasteiger partial charge in [-0.15, -0.1) is 0 Å². The Balaban J connectivity index is 1.34. The number of pyridine rings is 1. The molecule has 1 amide bonds. The number of carbonyl (C=O) groups excluding carboxylic acids is 1. The summed E-state index contributed by atoms with van der Waals surface area (Å²) in [6.45, 7) is 2.62. The van der Waals surface area contributed by atoms with Gasteiger partial charge in [0.25, 0.3) is 0 Å². The van der Waals surface area contributed by atoms with Gasteiger partial charge in [0.1, 0.15) is 9.84 Å². The summed E-state index contributed by atoms with van der Waals surface area (Å²) in [6, 6.07) is 3.87. The lowest BCUT2D eigenvalue weighted by Crippen LogP contribution is -2.55. The van der Waals surface area contributed by atoms with Crippen LogP contribution in [0.5, 0.6) is 0 Å². The molecule has 1 spiro atoms. The topological polar surface area (TPSA) is 88.6 Å². The summed E-state index contributed by atoms with van der Waals surface area (Å²) in [5.41, 5.74) is 0.696. The lowest BCUT2D eigenvalue weighted by Gasteiger charge is -2.39. The summed E-state index contributed by atoms with van der Waals surface area (Å²) < 4.78 is 29.6. The summed E-state index contributed by atoms with van der Waals surface area (Å²) in [5, 5.41) is 3.47. The van der Waals surface area contributed by atoms with E-state index in [1.54, 1.807) is 12.4 Å². The molecule has 4 rings (SSSR count). The standard InChI is InChI=1S/C19H27N3O4S/c23-18(17-3-8-21-19(17)5-10-27(24,25)11-6-19)22-9-4-16(13-22)26-14-15-2-1-7-20-12-15/h1-2,7,12,16-17,21H,3-6,8-11,13-14H2. The molecule has 2 unspecified atom stereocenters. The Morgan fingerprint density at radius 2 is 2.15 bits per heavy atom. The molecule has 1 aromatic heterocycles. The predicted octanol–water partition coefficient (Wildman–Crippen LogP) is 0.756. The Hall–Kier alpha value is -1.51. The molecule has 0 radical (unpaired) electrons. The van der Waals surface area contributed by atoms with Gasteiger partial charge in [0.15, 0.2) is 0 Å². The van der Waals surface area contributed by atoms with Crippen LogP contribution in [0.15, 0.2) is 24.5 Å². The van der Waals surface area contributed by atoms with Crippen LogP contribution in [0.4, 0.5) is 0 Å². The van der Waals surface area contributed by atoms with Crippen LogP contribution in [0.25, 0.3) is 0 Å². The summed E-state index contributed by atoms with van der Waals surface area (Å²) in [6.07, 6.45) is 6.29. The van der Waals surface area contributed by atoms with Crippen LogP contribution in [0.2, 0.25) is 0 Å².